The molecule has 1 unspecified atom stereocenters. The average molecular weight is 359 g/mol. The van der Waals surface area contributed by atoms with E-state index in [1.807, 2.05) is 14.0 Å². The Morgan fingerprint density at radius 2 is 0.960 bits per heavy atom. The van der Waals surface area contributed by atoms with Gasteiger partial charge >= 0.3 is 0 Å². The normalized spacial score (nSPS) is 13.9. The number of unbranched alkanes of at least 4 members (excludes halogenated alkanes) is 13. The molecule has 0 saturated carbocycles. The van der Waals surface area contributed by atoms with E-state index in [1.54, 1.807) is 0 Å². The van der Waals surface area contributed by atoms with Gasteiger partial charge in [0, 0.05) is 0 Å². The molecule has 3 nitrogen and oxygen atoms in total. The molecule has 0 aromatic rings. The minimum atomic E-state index is 0.311. The van der Waals surface area contributed by atoms with Crippen molar-refractivity contribution in [1.82, 2.24) is 0 Å². The molecule has 0 bridgehead atoms. The summed E-state index contributed by atoms with van der Waals surface area (Å²) in [5.41, 5.74) is 0. The highest BCUT2D eigenvalue weighted by Crippen LogP contribution is 2.14. The lowest BCUT2D eigenvalue weighted by atomic mass is 10.0. The number of nitrogens with zero attached hydrogens (tertiary/aromatic N) is 1. The predicted molar refractivity (Wildman–Crippen MR) is 109 cm³/mol. The highest BCUT2D eigenvalue weighted by molar-refractivity contribution is 4.49. The first-order chi connectivity index (χ1) is 12.2. The van der Waals surface area contributed by atoms with Gasteiger partial charge in [-0.05, 0) is 24.6 Å². The Hall–Kier alpha value is -0.120. The molecule has 0 aliphatic heterocycles. The summed E-state index contributed by atoms with van der Waals surface area (Å²) in [6.07, 6.45) is 20.6. The first kappa shape index (κ1) is 24.9. The highest BCUT2D eigenvalue weighted by atomic mass is 17.0. The Kier molecular flexibility index (Phi) is 18.6. The fourth-order valence-corrected chi connectivity index (χ4v) is 3.40. The number of hydrogen-bond donors (Lipinski definition) is 0. The molecule has 0 radical (unpaired) electrons. The van der Waals surface area contributed by atoms with Crippen molar-refractivity contribution in [3.63, 3.8) is 0 Å². The Balaban J connectivity index is 3.28. The second kappa shape index (κ2) is 18.7. The van der Waals surface area contributed by atoms with Crippen molar-refractivity contribution >= 4 is 0 Å². The minimum absolute atomic E-state index is 0.311. The van der Waals surface area contributed by atoms with E-state index in [0.717, 1.165) is 26.0 Å². The second-order valence-electron chi connectivity index (χ2n) is 7.58. The molecule has 0 aliphatic rings. The van der Waals surface area contributed by atoms with Crippen molar-refractivity contribution < 1.29 is 14.5 Å². The van der Waals surface area contributed by atoms with Crippen LogP contribution in [0.5, 0.6) is 0 Å². The standard InChI is InChI=1S/C22H48NO2/c1-5-8-9-10-11-12-13-14-15-16-17-18-19-20-22-25-23(4,21-6-2)24-7-3/h5-22H2,1-4H3/q+1. The quantitative estimate of drug-likeness (QED) is 0.130. The van der Waals surface area contributed by atoms with Crippen molar-refractivity contribution in [2.24, 2.45) is 0 Å². The zero-order valence-corrected chi connectivity index (χ0v) is 18.0. The smallest absolute Gasteiger partial charge is 0.142 e. The van der Waals surface area contributed by atoms with Gasteiger partial charge in [-0.15, -0.1) is 0 Å². The molecule has 152 valence electrons. The summed E-state index contributed by atoms with van der Waals surface area (Å²) in [5, 5.41) is 0. The molecular weight excluding hydrogens is 310 g/mol. The van der Waals surface area contributed by atoms with Crippen LogP contribution in [0.4, 0.5) is 0 Å². The van der Waals surface area contributed by atoms with Crippen LogP contribution in [-0.4, -0.2) is 31.6 Å². The molecule has 3 heteroatoms. The van der Waals surface area contributed by atoms with Gasteiger partial charge in [0.05, 0.1) is 0 Å². The lowest BCUT2D eigenvalue weighted by Crippen LogP contribution is -2.44. The van der Waals surface area contributed by atoms with Gasteiger partial charge < -0.3 is 0 Å². The van der Waals surface area contributed by atoms with Crippen LogP contribution in [0.3, 0.4) is 0 Å². The Morgan fingerprint density at radius 1 is 0.520 bits per heavy atom. The molecule has 0 N–H and O–H groups in total. The molecule has 0 aliphatic carbocycles. The van der Waals surface area contributed by atoms with Gasteiger partial charge in [0.1, 0.15) is 26.8 Å². The number of hydrogen-bond acceptors (Lipinski definition) is 2. The number of rotatable bonds is 20. The van der Waals surface area contributed by atoms with E-state index in [1.165, 1.54) is 83.5 Å². The third-order valence-corrected chi connectivity index (χ3v) is 4.89. The van der Waals surface area contributed by atoms with E-state index in [2.05, 4.69) is 13.8 Å². The molecule has 0 rings (SSSR count). The largest absolute Gasteiger partial charge is 0.169 e. The van der Waals surface area contributed by atoms with Crippen LogP contribution in [0.25, 0.3) is 0 Å². The molecule has 0 amide bonds. The molecule has 0 aromatic heterocycles. The van der Waals surface area contributed by atoms with Crippen LogP contribution in [0.15, 0.2) is 0 Å². The third-order valence-electron chi connectivity index (χ3n) is 4.89. The molecule has 0 aromatic carbocycles. The van der Waals surface area contributed by atoms with Gasteiger partial charge in [0.2, 0.25) is 0 Å². The van der Waals surface area contributed by atoms with Crippen molar-refractivity contribution in [3.05, 3.63) is 0 Å². The van der Waals surface area contributed by atoms with E-state index >= 15 is 0 Å². The predicted octanol–water partition coefficient (Wildman–Crippen LogP) is 7.21. The van der Waals surface area contributed by atoms with E-state index in [4.69, 9.17) is 9.68 Å². The van der Waals surface area contributed by atoms with Crippen molar-refractivity contribution in [3.8, 4) is 0 Å². The summed E-state index contributed by atoms with van der Waals surface area (Å²) in [6, 6.07) is 0. The van der Waals surface area contributed by atoms with Crippen LogP contribution >= 0.6 is 0 Å². The Labute approximate surface area is 159 Å². The van der Waals surface area contributed by atoms with Crippen molar-refractivity contribution in [2.75, 3.05) is 26.8 Å². The molecule has 1 atom stereocenters. The minimum Gasteiger partial charge on any atom is -0.169 e. The maximum Gasteiger partial charge on any atom is 0.142 e. The lowest BCUT2D eigenvalue weighted by Gasteiger charge is -2.27. The summed E-state index contributed by atoms with van der Waals surface area (Å²) in [6.45, 7) is 8.93. The van der Waals surface area contributed by atoms with E-state index in [0.29, 0.717) is 11.4 Å². The molecule has 0 heterocycles. The maximum absolute atomic E-state index is 5.93. The van der Waals surface area contributed by atoms with Crippen molar-refractivity contribution in [2.45, 2.75) is 117 Å². The first-order valence-electron chi connectivity index (χ1n) is 11.3. The molecule has 0 saturated heterocycles. The van der Waals surface area contributed by atoms with Gasteiger partial charge in [0.15, 0.2) is 0 Å². The zero-order valence-electron chi connectivity index (χ0n) is 18.0. The van der Waals surface area contributed by atoms with Gasteiger partial charge in [-0.25, -0.2) is 0 Å². The summed E-state index contributed by atoms with van der Waals surface area (Å²) in [4.78, 5) is 11.9. The summed E-state index contributed by atoms with van der Waals surface area (Å²) < 4.78 is 0. The summed E-state index contributed by atoms with van der Waals surface area (Å²) in [5.74, 6) is 0. The third kappa shape index (κ3) is 17.1. The van der Waals surface area contributed by atoms with Gasteiger partial charge in [-0.3, -0.25) is 0 Å². The zero-order chi connectivity index (χ0) is 18.6. The Bertz CT molecular complexity index is 252. The maximum atomic E-state index is 5.93. The second-order valence-corrected chi connectivity index (χ2v) is 7.58. The monoisotopic (exact) mass is 358 g/mol. The average Bonchev–Trinajstić information content (AvgIpc) is 2.59. The summed E-state index contributed by atoms with van der Waals surface area (Å²) >= 11 is 0. The van der Waals surface area contributed by atoms with Crippen molar-refractivity contribution in [1.29, 1.82) is 0 Å². The molecular formula is C22H48NO2+. The first-order valence-corrected chi connectivity index (χ1v) is 11.3. The lowest BCUT2D eigenvalue weighted by molar-refractivity contribution is -1.23. The van der Waals surface area contributed by atoms with Crippen LogP contribution in [0.1, 0.15) is 117 Å². The fraction of sp³-hybridized carbons (Fsp3) is 1.00. The van der Waals surface area contributed by atoms with Crippen LogP contribution in [0, 0.1) is 0 Å². The fourth-order valence-electron chi connectivity index (χ4n) is 3.40. The molecule has 0 spiro atoms. The van der Waals surface area contributed by atoms with E-state index in [-0.39, 0.29) is 0 Å². The van der Waals surface area contributed by atoms with E-state index in [9.17, 15) is 0 Å². The van der Waals surface area contributed by atoms with Crippen LogP contribution in [-0.2, 0) is 9.68 Å². The molecule has 25 heavy (non-hydrogen) atoms. The SMILES string of the molecule is CCCCCCCCCCCCCCCCO[N+](C)(CCC)OCC. The number of hydroxylamine groups is 4. The number of quaternary nitrogens is 1. The summed E-state index contributed by atoms with van der Waals surface area (Å²) in [7, 11) is 2.02. The van der Waals surface area contributed by atoms with Gasteiger partial charge in [-0.1, -0.05) is 97.3 Å². The van der Waals surface area contributed by atoms with Crippen LogP contribution in [0.2, 0.25) is 0 Å². The van der Waals surface area contributed by atoms with Gasteiger partial charge in [-0.2, -0.15) is 9.68 Å². The van der Waals surface area contributed by atoms with Gasteiger partial charge in [0.25, 0.3) is 0 Å². The van der Waals surface area contributed by atoms with Crippen LogP contribution < -0.4 is 0 Å². The van der Waals surface area contributed by atoms with E-state index < -0.39 is 0 Å². The molecule has 0 fully saturated rings. The highest BCUT2D eigenvalue weighted by Gasteiger charge is 2.23. The topological polar surface area (TPSA) is 18.5 Å². The Morgan fingerprint density at radius 3 is 1.36 bits per heavy atom.